The van der Waals surface area contributed by atoms with E-state index in [0.29, 0.717) is 31.3 Å². The Morgan fingerprint density at radius 2 is 2.29 bits per heavy atom. The highest BCUT2D eigenvalue weighted by Crippen LogP contribution is 2.34. The zero-order valence-corrected chi connectivity index (χ0v) is 12.6. The van der Waals surface area contributed by atoms with Gasteiger partial charge in [-0.3, -0.25) is 9.69 Å². The molecule has 3 rings (SSSR count). The average Bonchev–Trinajstić information content (AvgIpc) is 2.86. The van der Waals surface area contributed by atoms with Crippen LogP contribution in [0.15, 0.2) is 12.1 Å². The molecule has 0 aliphatic carbocycles. The van der Waals surface area contributed by atoms with Gasteiger partial charge in [-0.15, -0.1) is 0 Å². The molecule has 6 heteroatoms. The van der Waals surface area contributed by atoms with Gasteiger partial charge in [0.2, 0.25) is 0 Å². The van der Waals surface area contributed by atoms with Gasteiger partial charge in [0.25, 0.3) is 0 Å². The lowest BCUT2D eigenvalue weighted by Gasteiger charge is -2.37. The Balaban J connectivity index is 1.87. The van der Waals surface area contributed by atoms with E-state index < -0.39 is 12.0 Å². The fraction of sp³-hybridized carbons (Fsp3) is 0.533. The van der Waals surface area contributed by atoms with Crippen LogP contribution in [0.5, 0.6) is 5.75 Å². The largest absolute Gasteiger partial charge is 0.493 e. The number of fused-ring (bicyclic) bond motifs is 1. The van der Waals surface area contributed by atoms with Gasteiger partial charge >= 0.3 is 5.97 Å². The molecule has 0 aromatic heterocycles. The summed E-state index contributed by atoms with van der Waals surface area (Å²) < 4.78 is 11.1. The minimum atomic E-state index is -0.859. The van der Waals surface area contributed by atoms with Gasteiger partial charge in [0, 0.05) is 30.1 Å². The van der Waals surface area contributed by atoms with E-state index in [4.69, 9.17) is 21.1 Å². The summed E-state index contributed by atoms with van der Waals surface area (Å²) in [5.41, 5.74) is 2.06. The Morgan fingerprint density at radius 3 is 3.05 bits per heavy atom. The second-order valence-electron chi connectivity index (χ2n) is 5.48. The molecule has 0 unspecified atom stereocenters. The zero-order chi connectivity index (χ0) is 15.0. The van der Waals surface area contributed by atoms with Crippen molar-refractivity contribution in [3.05, 3.63) is 28.3 Å². The summed E-state index contributed by atoms with van der Waals surface area (Å²) in [7, 11) is 0. The third-order valence-electron chi connectivity index (χ3n) is 4.05. The zero-order valence-electron chi connectivity index (χ0n) is 11.8. The van der Waals surface area contributed by atoms with Crippen molar-refractivity contribution in [2.75, 3.05) is 19.8 Å². The number of carboxylic acid groups (broad SMARTS) is 1. The second kappa shape index (κ2) is 5.83. The number of nitrogens with zero attached hydrogens (tertiary/aromatic N) is 1. The van der Waals surface area contributed by atoms with Crippen LogP contribution in [0.3, 0.4) is 0 Å². The van der Waals surface area contributed by atoms with Crippen molar-refractivity contribution < 1.29 is 19.4 Å². The van der Waals surface area contributed by atoms with E-state index in [1.165, 1.54) is 0 Å². The molecule has 0 radical (unpaired) electrons. The van der Waals surface area contributed by atoms with E-state index in [0.717, 1.165) is 23.3 Å². The molecule has 0 amide bonds. The number of rotatable bonds is 3. The predicted molar refractivity (Wildman–Crippen MR) is 77.9 cm³/mol. The van der Waals surface area contributed by atoms with Gasteiger partial charge in [-0.05, 0) is 24.6 Å². The molecule has 2 aliphatic heterocycles. The first-order chi connectivity index (χ1) is 10.1. The minimum Gasteiger partial charge on any atom is -0.493 e. The molecule has 1 aromatic carbocycles. The molecule has 2 aliphatic rings. The first-order valence-corrected chi connectivity index (χ1v) is 7.46. The van der Waals surface area contributed by atoms with Gasteiger partial charge in [-0.25, -0.2) is 0 Å². The molecule has 1 fully saturated rings. The van der Waals surface area contributed by atoms with Crippen LogP contribution < -0.4 is 4.74 Å². The topological polar surface area (TPSA) is 59.0 Å². The smallest absolute Gasteiger partial charge is 0.323 e. The highest BCUT2D eigenvalue weighted by atomic mass is 35.5. The maximum atomic E-state index is 11.5. The predicted octanol–water partition coefficient (Wildman–Crippen LogP) is 1.95. The lowest BCUT2D eigenvalue weighted by atomic mass is 10.0. The second-order valence-corrected chi connectivity index (χ2v) is 5.92. The fourth-order valence-corrected chi connectivity index (χ4v) is 3.36. The van der Waals surface area contributed by atoms with Crippen LogP contribution in [0.1, 0.15) is 18.1 Å². The summed E-state index contributed by atoms with van der Waals surface area (Å²) in [5.74, 6) is 0.00414. The molecular weight excluding hydrogens is 294 g/mol. The molecule has 0 bridgehead atoms. The quantitative estimate of drug-likeness (QED) is 0.924. The molecule has 5 nitrogen and oxygen atoms in total. The van der Waals surface area contributed by atoms with E-state index in [2.05, 4.69) is 0 Å². The van der Waals surface area contributed by atoms with Gasteiger partial charge in [0.15, 0.2) is 0 Å². The minimum absolute atomic E-state index is 0.329. The van der Waals surface area contributed by atoms with Crippen LogP contribution in [-0.4, -0.2) is 47.9 Å². The highest BCUT2D eigenvalue weighted by molar-refractivity contribution is 6.30. The summed E-state index contributed by atoms with van der Waals surface area (Å²) >= 11 is 6.16. The van der Waals surface area contributed by atoms with Crippen molar-refractivity contribution in [2.45, 2.75) is 32.0 Å². The van der Waals surface area contributed by atoms with Crippen molar-refractivity contribution in [3.8, 4) is 5.75 Å². The van der Waals surface area contributed by atoms with E-state index in [-0.39, 0.29) is 6.10 Å². The molecular formula is C15H18ClNO4. The number of hydrogen-bond donors (Lipinski definition) is 1. The summed E-state index contributed by atoms with van der Waals surface area (Å²) in [6.45, 7) is 4.08. The first-order valence-electron chi connectivity index (χ1n) is 7.09. The normalized spacial score (nSPS) is 25.4. The average molecular weight is 312 g/mol. The molecule has 2 heterocycles. The number of ether oxygens (including phenoxy) is 2. The Morgan fingerprint density at radius 1 is 1.48 bits per heavy atom. The molecule has 1 N–H and O–H groups in total. The number of halogens is 1. The number of morpholine rings is 1. The molecule has 1 saturated heterocycles. The molecule has 0 saturated carbocycles. The SMILES string of the molecule is C[C@H]1OCCN(Cc2cc(Cl)cc3c2OCC3)[C@@H]1C(=O)O. The molecule has 114 valence electrons. The maximum Gasteiger partial charge on any atom is 0.323 e. The highest BCUT2D eigenvalue weighted by Gasteiger charge is 2.35. The number of aliphatic carboxylic acids is 1. The van der Waals surface area contributed by atoms with E-state index >= 15 is 0 Å². The summed E-state index contributed by atoms with van der Waals surface area (Å²) in [5, 5.41) is 10.1. The Labute approximate surface area is 128 Å². The van der Waals surface area contributed by atoms with Crippen molar-refractivity contribution in [3.63, 3.8) is 0 Å². The summed E-state index contributed by atoms with van der Waals surface area (Å²) in [6.07, 6.45) is 0.523. The van der Waals surface area contributed by atoms with Crippen LogP contribution in [0.2, 0.25) is 5.02 Å². The molecule has 0 spiro atoms. The lowest BCUT2D eigenvalue weighted by molar-refractivity contribution is -0.156. The fourth-order valence-electron chi connectivity index (χ4n) is 3.10. The van der Waals surface area contributed by atoms with Crippen LogP contribution in [0.25, 0.3) is 0 Å². The van der Waals surface area contributed by atoms with Crippen LogP contribution in [-0.2, 0) is 22.5 Å². The van der Waals surface area contributed by atoms with Gasteiger partial charge < -0.3 is 14.6 Å². The summed E-state index contributed by atoms with van der Waals surface area (Å²) in [4.78, 5) is 13.4. The number of benzene rings is 1. The molecule has 1 aromatic rings. The van der Waals surface area contributed by atoms with Gasteiger partial charge in [0.1, 0.15) is 11.8 Å². The van der Waals surface area contributed by atoms with Crippen LogP contribution in [0.4, 0.5) is 0 Å². The van der Waals surface area contributed by atoms with Gasteiger partial charge in [0.05, 0.1) is 19.3 Å². The monoisotopic (exact) mass is 311 g/mol. The number of carboxylic acids is 1. The van der Waals surface area contributed by atoms with Crippen molar-refractivity contribution in [1.29, 1.82) is 0 Å². The molecule has 21 heavy (non-hydrogen) atoms. The van der Waals surface area contributed by atoms with Crippen molar-refractivity contribution >= 4 is 17.6 Å². The van der Waals surface area contributed by atoms with E-state index in [9.17, 15) is 9.90 Å². The van der Waals surface area contributed by atoms with Crippen molar-refractivity contribution in [2.24, 2.45) is 0 Å². The third kappa shape index (κ3) is 2.86. The Hall–Kier alpha value is -1.30. The number of hydrogen-bond acceptors (Lipinski definition) is 4. The summed E-state index contributed by atoms with van der Waals surface area (Å²) in [6, 6.07) is 3.14. The molecule has 2 atom stereocenters. The van der Waals surface area contributed by atoms with Crippen molar-refractivity contribution in [1.82, 2.24) is 4.90 Å². The third-order valence-corrected chi connectivity index (χ3v) is 4.27. The van der Waals surface area contributed by atoms with E-state index in [1.807, 2.05) is 17.0 Å². The Kier molecular flexibility index (Phi) is 4.06. The number of carbonyl (C=O) groups is 1. The van der Waals surface area contributed by atoms with Gasteiger partial charge in [-0.2, -0.15) is 0 Å². The van der Waals surface area contributed by atoms with Gasteiger partial charge in [-0.1, -0.05) is 11.6 Å². The standard InChI is InChI=1S/C15H18ClNO4/c1-9-13(15(18)19)17(3-5-20-9)8-11-7-12(16)6-10-2-4-21-14(10)11/h6-7,9,13H,2-5,8H2,1H3,(H,18,19)/t9-,13+/m1/s1. The Bertz CT molecular complexity index is 563. The first kappa shape index (κ1) is 14.6. The van der Waals surface area contributed by atoms with E-state index in [1.54, 1.807) is 6.92 Å². The van der Waals surface area contributed by atoms with Crippen LogP contribution in [0, 0.1) is 0 Å². The maximum absolute atomic E-state index is 11.5. The van der Waals surface area contributed by atoms with Crippen LogP contribution >= 0.6 is 11.6 Å². The lowest BCUT2D eigenvalue weighted by Crippen LogP contribution is -2.53.